The van der Waals surface area contributed by atoms with Gasteiger partial charge in [-0.3, -0.25) is 14.3 Å². The summed E-state index contributed by atoms with van der Waals surface area (Å²) in [6.45, 7) is 3.28. The van der Waals surface area contributed by atoms with Gasteiger partial charge in [-0.15, -0.1) is 0 Å². The Kier molecular flexibility index (Phi) is 11.6. The molecule has 1 aromatic carbocycles. The predicted molar refractivity (Wildman–Crippen MR) is 150 cm³/mol. The second kappa shape index (κ2) is 15.4. The molecule has 1 amide bonds. The maximum Gasteiger partial charge on any atom is 0.410 e. The number of ether oxygens (including phenoxy) is 6. The third-order valence-corrected chi connectivity index (χ3v) is 7.41. The van der Waals surface area contributed by atoms with Crippen LogP contribution in [0.15, 0.2) is 46.1 Å². The van der Waals surface area contributed by atoms with E-state index in [4.69, 9.17) is 28.4 Å². The second-order valence-corrected chi connectivity index (χ2v) is 10.4. The van der Waals surface area contributed by atoms with E-state index in [1.165, 1.54) is 4.90 Å². The summed E-state index contributed by atoms with van der Waals surface area (Å²) in [5.74, 6) is -2.18. The number of likely N-dealkylation sites (tertiary alicyclic amines) is 1. The zero-order valence-corrected chi connectivity index (χ0v) is 24.7. The Balaban J connectivity index is 1.44. The standard InChI is InChI=1S/C29H38FN3O11/c1-3-39-17-29(38)13-24(44-23(29)16-41-19-40-4-2)32-14-21(30)25(34)33(27(32)36)18-43-26(35)22-11-8-12-31(22)28(37)42-15-20-9-6-5-7-10-20/h5-7,9-10,14,22-24,38H,3-4,8,11-13,15-19H2,1-2H3/t22-,23+,24+,29+/m0/s1. The molecule has 0 saturated carbocycles. The lowest BCUT2D eigenvalue weighted by Gasteiger charge is -2.27. The summed E-state index contributed by atoms with van der Waals surface area (Å²) in [7, 11) is 0. The van der Waals surface area contributed by atoms with E-state index in [1.54, 1.807) is 38.1 Å². The normalized spacial score (nSPS) is 23.2. The van der Waals surface area contributed by atoms with Crippen LogP contribution in [0.5, 0.6) is 0 Å². The molecule has 4 rings (SSSR count). The molecule has 3 heterocycles. The van der Waals surface area contributed by atoms with Crippen LogP contribution in [0.25, 0.3) is 0 Å². The molecule has 1 aromatic heterocycles. The number of amides is 1. The van der Waals surface area contributed by atoms with Crippen molar-refractivity contribution in [1.29, 1.82) is 0 Å². The SMILES string of the molecule is CCOCOC[C@H]1O[C@@H](n2cc(F)c(=O)n(COC(=O)[C@@H]3CCCN3C(=O)OCc3ccccc3)c2=O)C[C@@]1(O)COCC. The van der Waals surface area contributed by atoms with Crippen molar-refractivity contribution < 1.29 is 47.5 Å². The quantitative estimate of drug-likeness (QED) is 0.185. The molecule has 4 atom stereocenters. The summed E-state index contributed by atoms with van der Waals surface area (Å²) < 4.78 is 48.4. The first kappa shape index (κ1) is 33.3. The first-order valence-electron chi connectivity index (χ1n) is 14.4. The minimum absolute atomic E-state index is 0.0125. The number of carbonyl (C=O) groups is 2. The predicted octanol–water partition coefficient (Wildman–Crippen LogP) is 1.52. The Morgan fingerprint density at radius 1 is 1.09 bits per heavy atom. The van der Waals surface area contributed by atoms with Crippen molar-refractivity contribution in [2.24, 2.45) is 0 Å². The molecule has 242 valence electrons. The van der Waals surface area contributed by atoms with Crippen molar-refractivity contribution in [3.05, 3.63) is 68.7 Å². The number of halogens is 1. The number of rotatable bonds is 14. The van der Waals surface area contributed by atoms with E-state index in [0.29, 0.717) is 30.4 Å². The molecule has 0 unspecified atom stereocenters. The monoisotopic (exact) mass is 623 g/mol. The highest BCUT2D eigenvalue weighted by Crippen LogP contribution is 2.36. The van der Waals surface area contributed by atoms with Gasteiger partial charge in [0, 0.05) is 26.2 Å². The van der Waals surface area contributed by atoms with Crippen LogP contribution >= 0.6 is 0 Å². The number of carbonyl (C=O) groups excluding carboxylic acids is 2. The minimum Gasteiger partial charge on any atom is -0.445 e. The zero-order valence-electron chi connectivity index (χ0n) is 24.7. The van der Waals surface area contributed by atoms with Crippen molar-refractivity contribution in [3.8, 4) is 0 Å². The van der Waals surface area contributed by atoms with Crippen LogP contribution in [0.3, 0.4) is 0 Å². The van der Waals surface area contributed by atoms with Crippen LogP contribution in [0.4, 0.5) is 9.18 Å². The van der Waals surface area contributed by atoms with Crippen molar-refractivity contribution in [2.45, 2.75) is 70.4 Å². The molecule has 1 N–H and O–H groups in total. The van der Waals surface area contributed by atoms with Gasteiger partial charge < -0.3 is 33.5 Å². The minimum atomic E-state index is -1.60. The smallest absolute Gasteiger partial charge is 0.410 e. The molecule has 0 radical (unpaired) electrons. The largest absolute Gasteiger partial charge is 0.445 e. The van der Waals surface area contributed by atoms with Crippen LogP contribution in [-0.4, -0.2) is 88.7 Å². The molecule has 2 aliphatic rings. The Hall–Kier alpha value is -3.63. The second-order valence-electron chi connectivity index (χ2n) is 10.4. The Morgan fingerprint density at radius 2 is 1.84 bits per heavy atom. The van der Waals surface area contributed by atoms with E-state index in [-0.39, 0.29) is 46.0 Å². The van der Waals surface area contributed by atoms with E-state index < -0.39 is 59.8 Å². The molecule has 2 saturated heterocycles. The fourth-order valence-electron chi connectivity index (χ4n) is 5.05. The van der Waals surface area contributed by atoms with Gasteiger partial charge in [0.1, 0.15) is 37.4 Å². The lowest BCUT2D eigenvalue weighted by Crippen LogP contribution is -2.46. The van der Waals surface area contributed by atoms with Crippen LogP contribution in [0, 0.1) is 5.82 Å². The van der Waals surface area contributed by atoms with Gasteiger partial charge in [0.25, 0.3) is 5.56 Å². The fraction of sp³-hybridized carbons (Fsp3) is 0.586. The number of aliphatic hydroxyl groups is 1. The van der Waals surface area contributed by atoms with E-state index in [2.05, 4.69) is 0 Å². The van der Waals surface area contributed by atoms with Gasteiger partial charge in [-0.1, -0.05) is 30.3 Å². The summed E-state index contributed by atoms with van der Waals surface area (Å²) in [6.07, 6.45) is -1.60. The average Bonchev–Trinajstić information content (AvgIpc) is 3.64. The first-order valence-corrected chi connectivity index (χ1v) is 14.4. The third-order valence-electron chi connectivity index (χ3n) is 7.41. The summed E-state index contributed by atoms with van der Waals surface area (Å²) in [5.41, 5.74) is -3.18. The molecule has 2 fully saturated rings. The molecule has 0 aliphatic carbocycles. The number of esters is 1. The summed E-state index contributed by atoms with van der Waals surface area (Å²) >= 11 is 0. The Bertz CT molecular complexity index is 1380. The van der Waals surface area contributed by atoms with Crippen LogP contribution in [0.1, 0.15) is 44.9 Å². The highest BCUT2D eigenvalue weighted by molar-refractivity contribution is 5.82. The third kappa shape index (κ3) is 7.90. The average molecular weight is 624 g/mol. The zero-order chi connectivity index (χ0) is 31.7. The van der Waals surface area contributed by atoms with Crippen LogP contribution in [-0.2, 0) is 46.6 Å². The fourth-order valence-corrected chi connectivity index (χ4v) is 5.05. The number of aromatic nitrogens is 2. The van der Waals surface area contributed by atoms with E-state index in [9.17, 15) is 28.7 Å². The molecule has 0 bridgehead atoms. The highest BCUT2D eigenvalue weighted by atomic mass is 19.1. The summed E-state index contributed by atoms with van der Waals surface area (Å²) in [6, 6.07) is 8.01. The van der Waals surface area contributed by atoms with Gasteiger partial charge in [0.05, 0.1) is 19.4 Å². The number of nitrogens with zero attached hydrogens (tertiary/aromatic N) is 3. The van der Waals surface area contributed by atoms with Gasteiger partial charge in [-0.2, -0.15) is 4.39 Å². The molecule has 2 aromatic rings. The van der Waals surface area contributed by atoms with Crippen LogP contribution < -0.4 is 11.2 Å². The van der Waals surface area contributed by atoms with Gasteiger partial charge in [0.2, 0.25) is 5.82 Å². The summed E-state index contributed by atoms with van der Waals surface area (Å²) in [4.78, 5) is 52.7. The number of hydrogen-bond donors (Lipinski definition) is 1. The number of benzene rings is 1. The number of hydrogen-bond acceptors (Lipinski definition) is 11. The van der Waals surface area contributed by atoms with Crippen molar-refractivity contribution in [3.63, 3.8) is 0 Å². The molecule has 44 heavy (non-hydrogen) atoms. The summed E-state index contributed by atoms with van der Waals surface area (Å²) in [5, 5.41) is 11.3. The van der Waals surface area contributed by atoms with Gasteiger partial charge >= 0.3 is 17.8 Å². The maximum atomic E-state index is 14.8. The first-order chi connectivity index (χ1) is 21.2. The van der Waals surface area contributed by atoms with Crippen molar-refractivity contribution in [2.75, 3.05) is 39.8 Å². The molecule has 0 spiro atoms. The molecule has 2 aliphatic heterocycles. The van der Waals surface area contributed by atoms with E-state index in [0.717, 1.165) is 10.1 Å². The van der Waals surface area contributed by atoms with Gasteiger partial charge in [-0.25, -0.2) is 19.0 Å². The lowest BCUT2D eigenvalue weighted by atomic mass is 9.96. The maximum absolute atomic E-state index is 14.8. The molecule has 14 nitrogen and oxygen atoms in total. The van der Waals surface area contributed by atoms with Crippen molar-refractivity contribution in [1.82, 2.24) is 14.0 Å². The molecular weight excluding hydrogens is 585 g/mol. The Labute approximate surface area is 252 Å². The van der Waals surface area contributed by atoms with E-state index in [1.807, 2.05) is 6.07 Å². The topological polar surface area (TPSA) is 157 Å². The Morgan fingerprint density at radius 3 is 2.57 bits per heavy atom. The van der Waals surface area contributed by atoms with Gasteiger partial charge in [0.15, 0.2) is 6.73 Å². The van der Waals surface area contributed by atoms with Gasteiger partial charge in [-0.05, 0) is 32.3 Å². The lowest BCUT2D eigenvalue weighted by molar-refractivity contribution is -0.153. The highest BCUT2D eigenvalue weighted by Gasteiger charge is 2.49. The van der Waals surface area contributed by atoms with Crippen LogP contribution in [0.2, 0.25) is 0 Å². The molecular formula is C29H38FN3O11. The van der Waals surface area contributed by atoms with E-state index >= 15 is 0 Å². The van der Waals surface area contributed by atoms with Crippen molar-refractivity contribution >= 4 is 12.1 Å². The molecule has 15 heteroatoms.